The van der Waals surface area contributed by atoms with Gasteiger partial charge in [-0.2, -0.15) is 0 Å². The monoisotopic (exact) mass is 449 g/mol. The SMILES string of the molecule is CN(C)CCCN(C(=O)/C=C/c1cccs1)c1nc2ccc(Br)cc2s1. The van der Waals surface area contributed by atoms with Gasteiger partial charge in [0.2, 0.25) is 0 Å². The van der Waals surface area contributed by atoms with Gasteiger partial charge >= 0.3 is 0 Å². The first kappa shape index (κ1) is 19.2. The fourth-order valence-electron chi connectivity index (χ4n) is 2.48. The number of halogens is 1. The molecule has 4 nitrogen and oxygen atoms in total. The molecule has 0 aliphatic heterocycles. The van der Waals surface area contributed by atoms with Gasteiger partial charge in [-0.15, -0.1) is 11.3 Å². The maximum atomic E-state index is 12.8. The van der Waals surface area contributed by atoms with Crippen LogP contribution in [-0.4, -0.2) is 43.0 Å². The zero-order valence-electron chi connectivity index (χ0n) is 14.7. The number of carbonyl (C=O) groups excluding carboxylic acids is 1. The van der Waals surface area contributed by atoms with Crippen LogP contribution in [-0.2, 0) is 4.79 Å². The summed E-state index contributed by atoms with van der Waals surface area (Å²) >= 11 is 6.66. The summed E-state index contributed by atoms with van der Waals surface area (Å²) in [5.41, 5.74) is 0.917. The number of amides is 1. The van der Waals surface area contributed by atoms with Crippen LogP contribution in [0.2, 0.25) is 0 Å². The summed E-state index contributed by atoms with van der Waals surface area (Å²) < 4.78 is 2.09. The van der Waals surface area contributed by atoms with Crippen molar-refractivity contribution in [1.29, 1.82) is 0 Å². The van der Waals surface area contributed by atoms with Crippen molar-refractivity contribution in [2.45, 2.75) is 6.42 Å². The molecule has 0 N–H and O–H groups in total. The van der Waals surface area contributed by atoms with Gasteiger partial charge < -0.3 is 4.90 Å². The first-order valence-electron chi connectivity index (χ1n) is 8.27. The average molecular weight is 450 g/mol. The van der Waals surface area contributed by atoms with Gasteiger partial charge in [-0.25, -0.2) is 4.98 Å². The number of thiazole rings is 1. The quantitative estimate of drug-likeness (QED) is 0.469. The molecular formula is C19H20BrN3OS2. The Morgan fingerprint density at radius 3 is 2.85 bits per heavy atom. The highest BCUT2D eigenvalue weighted by atomic mass is 79.9. The summed E-state index contributed by atoms with van der Waals surface area (Å²) in [5.74, 6) is -0.0322. The lowest BCUT2D eigenvalue weighted by atomic mass is 10.3. The molecule has 0 bridgehead atoms. The Balaban J connectivity index is 1.84. The first-order valence-corrected chi connectivity index (χ1v) is 10.8. The summed E-state index contributed by atoms with van der Waals surface area (Å²) in [6, 6.07) is 9.97. The zero-order valence-corrected chi connectivity index (χ0v) is 17.9. The molecule has 0 unspecified atom stereocenters. The molecule has 0 fully saturated rings. The maximum Gasteiger partial charge on any atom is 0.252 e. The van der Waals surface area contributed by atoms with E-state index in [1.807, 2.05) is 55.9 Å². The molecule has 0 radical (unpaired) electrons. The highest BCUT2D eigenvalue weighted by Crippen LogP contribution is 2.31. The molecule has 2 heterocycles. The Labute approximate surface area is 169 Å². The molecule has 3 aromatic rings. The van der Waals surface area contributed by atoms with Crippen molar-refractivity contribution >= 4 is 65.9 Å². The molecular weight excluding hydrogens is 430 g/mol. The minimum Gasteiger partial charge on any atom is -0.309 e. The summed E-state index contributed by atoms with van der Waals surface area (Å²) in [6.07, 6.45) is 4.41. The fourth-order valence-corrected chi connectivity index (χ4v) is 4.64. The van der Waals surface area contributed by atoms with Crippen LogP contribution in [0.15, 0.2) is 46.3 Å². The normalized spacial score (nSPS) is 11.7. The van der Waals surface area contributed by atoms with Crippen LogP contribution in [0.25, 0.3) is 16.3 Å². The highest BCUT2D eigenvalue weighted by molar-refractivity contribution is 9.10. The molecule has 0 atom stereocenters. The van der Waals surface area contributed by atoms with E-state index in [9.17, 15) is 4.79 Å². The smallest absolute Gasteiger partial charge is 0.252 e. The minimum absolute atomic E-state index is 0.0322. The predicted molar refractivity (Wildman–Crippen MR) is 116 cm³/mol. The van der Waals surface area contributed by atoms with Crippen molar-refractivity contribution in [3.8, 4) is 0 Å². The van der Waals surface area contributed by atoms with E-state index >= 15 is 0 Å². The molecule has 26 heavy (non-hydrogen) atoms. The van der Waals surface area contributed by atoms with E-state index in [-0.39, 0.29) is 5.91 Å². The van der Waals surface area contributed by atoms with Gasteiger partial charge in [0.1, 0.15) is 0 Å². The number of thiophene rings is 1. The van der Waals surface area contributed by atoms with Crippen LogP contribution in [0.1, 0.15) is 11.3 Å². The minimum atomic E-state index is -0.0322. The fraction of sp³-hybridized carbons (Fsp3) is 0.263. The Morgan fingerprint density at radius 2 is 2.12 bits per heavy atom. The van der Waals surface area contributed by atoms with Crippen molar-refractivity contribution in [1.82, 2.24) is 9.88 Å². The molecule has 136 valence electrons. The van der Waals surface area contributed by atoms with E-state index in [1.54, 1.807) is 33.6 Å². The van der Waals surface area contributed by atoms with E-state index in [2.05, 4.69) is 25.8 Å². The predicted octanol–water partition coefficient (Wildman–Crippen LogP) is 5.12. The molecule has 1 amide bonds. The molecule has 1 aromatic carbocycles. The number of benzene rings is 1. The third-order valence-corrected chi connectivity index (χ3v) is 6.13. The van der Waals surface area contributed by atoms with E-state index in [4.69, 9.17) is 0 Å². The van der Waals surface area contributed by atoms with Crippen molar-refractivity contribution < 1.29 is 4.79 Å². The lowest BCUT2D eigenvalue weighted by molar-refractivity contribution is -0.114. The van der Waals surface area contributed by atoms with E-state index in [0.29, 0.717) is 6.54 Å². The Bertz CT molecular complexity index is 903. The zero-order chi connectivity index (χ0) is 18.5. The number of hydrogen-bond acceptors (Lipinski definition) is 5. The standard InChI is InChI=1S/C19H20BrN3OS2/c1-22(2)10-4-11-23(18(24)9-7-15-5-3-12-25-15)19-21-16-8-6-14(20)13-17(16)26-19/h3,5-9,12-13H,4,10-11H2,1-2H3/b9-7+. The third-order valence-electron chi connectivity index (χ3n) is 3.76. The lowest BCUT2D eigenvalue weighted by Crippen LogP contribution is -2.32. The van der Waals surface area contributed by atoms with Crippen molar-refractivity contribution in [2.24, 2.45) is 0 Å². The third kappa shape index (κ3) is 5.01. The molecule has 3 rings (SSSR count). The second-order valence-electron chi connectivity index (χ2n) is 6.10. The van der Waals surface area contributed by atoms with Crippen molar-refractivity contribution in [3.05, 3.63) is 51.1 Å². The number of aromatic nitrogens is 1. The Morgan fingerprint density at radius 1 is 1.27 bits per heavy atom. The topological polar surface area (TPSA) is 36.4 Å². The van der Waals surface area contributed by atoms with Crippen LogP contribution >= 0.6 is 38.6 Å². The number of hydrogen-bond donors (Lipinski definition) is 0. The number of carbonyl (C=O) groups is 1. The second kappa shape index (κ2) is 8.90. The van der Waals surface area contributed by atoms with Gasteiger partial charge in [0.25, 0.3) is 5.91 Å². The van der Waals surface area contributed by atoms with Crippen molar-refractivity contribution in [2.75, 3.05) is 32.1 Å². The summed E-state index contributed by atoms with van der Waals surface area (Å²) in [4.78, 5) is 22.5. The van der Waals surface area contributed by atoms with E-state index < -0.39 is 0 Å². The van der Waals surface area contributed by atoms with E-state index in [0.717, 1.165) is 37.7 Å². The van der Waals surface area contributed by atoms with E-state index in [1.165, 1.54) is 0 Å². The maximum absolute atomic E-state index is 12.8. The molecule has 2 aromatic heterocycles. The van der Waals surface area contributed by atoms with Crippen LogP contribution in [0.5, 0.6) is 0 Å². The Hall–Kier alpha value is -1.54. The number of rotatable bonds is 7. The first-order chi connectivity index (χ1) is 12.5. The van der Waals surface area contributed by atoms with Gasteiger partial charge in [-0.1, -0.05) is 33.3 Å². The Kier molecular flexibility index (Phi) is 6.58. The highest BCUT2D eigenvalue weighted by Gasteiger charge is 2.18. The number of fused-ring (bicyclic) bond motifs is 1. The van der Waals surface area contributed by atoms with Gasteiger partial charge in [-0.05, 0) is 62.8 Å². The van der Waals surface area contributed by atoms with Crippen molar-refractivity contribution in [3.63, 3.8) is 0 Å². The number of nitrogens with zero attached hydrogens (tertiary/aromatic N) is 3. The van der Waals surface area contributed by atoms with Crippen LogP contribution in [0, 0.1) is 0 Å². The van der Waals surface area contributed by atoms with Gasteiger partial charge in [0, 0.05) is 22.0 Å². The van der Waals surface area contributed by atoms with Gasteiger partial charge in [0.05, 0.1) is 10.2 Å². The van der Waals surface area contributed by atoms with Crippen LogP contribution < -0.4 is 4.90 Å². The summed E-state index contributed by atoms with van der Waals surface area (Å²) in [7, 11) is 4.08. The number of anilines is 1. The van der Waals surface area contributed by atoms with Crippen LogP contribution in [0.4, 0.5) is 5.13 Å². The molecule has 0 aliphatic carbocycles. The largest absolute Gasteiger partial charge is 0.309 e. The molecule has 0 spiro atoms. The molecule has 0 aliphatic rings. The van der Waals surface area contributed by atoms with Gasteiger partial charge in [0.15, 0.2) is 5.13 Å². The summed E-state index contributed by atoms with van der Waals surface area (Å²) in [5, 5.41) is 2.75. The lowest BCUT2D eigenvalue weighted by Gasteiger charge is -2.19. The average Bonchev–Trinajstić information content (AvgIpc) is 3.25. The molecule has 7 heteroatoms. The molecule has 0 saturated heterocycles. The van der Waals surface area contributed by atoms with Crippen LogP contribution in [0.3, 0.4) is 0 Å². The second-order valence-corrected chi connectivity index (χ2v) is 9.01. The molecule has 0 saturated carbocycles. The van der Waals surface area contributed by atoms with Gasteiger partial charge in [-0.3, -0.25) is 9.69 Å². The summed E-state index contributed by atoms with van der Waals surface area (Å²) in [6.45, 7) is 1.57.